The summed E-state index contributed by atoms with van der Waals surface area (Å²) in [5.74, 6) is 0.138. The molecule has 1 saturated heterocycles. The van der Waals surface area contributed by atoms with Crippen molar-refractivity contribution in [2.45, 2.75) is 52.1 Å². The summed E-state index contributed by atoms with van der Waals surface area (Å²) in [5.41, 5.74) is 0.554. The Labute approximate surface area is 189 Å². The van der Waals surface area contributed by atoms with Crippen molar-refractivity contribution in [3.05, 3.63) is 48.0 Å². The number of hydrogen-bond donors (Lipinski definition) is 1. The van der Waals surface area contributed by atoms with Gasteiger partial charge in [0.2, 0.25) is 11.8 Å². The number of nitrogens with one attached hydrogen (secondary N) is 1. The molecule has 1 N–H and O–H groups in total. The van der Waals surface area contributed by atoms with Gasteiger partial charge in [-0.05, 0) is 48.6 Å². The zero-order valence-corrected chi connectivity index (χ0v) is 19.2. The third-order valence-corrected chi connectivity index (χ3v) is 6.93. The molecule has 1 saturated carbocycles. The average Bonchev–Trinajstić information content (AvgIpc) is 3.66. The molecule has 0 aromatic heterocycles. The number of hydrogen-bond acceptors (Lipinski definition) is 3. The molecular weight excluding hydrogens is 402 g/mol. The van der Waals surface area contributed by atoms with Gasteiger partial charge in [0.1, 0.15) is 6.04 Å². The monoisotopic (exact) mass is 435 g/mol. The van der Waals surface area contributed by atoms with Crippen molar-refractivity contribution in [2.75, 3.05) is 19.6 Å². The van der Waals surface area contributed by atoms with E-state index in [4.69, 9.17) is 0 Å². The highest BCUT2D eigenvalue weighted by atomic mass is 16.2. The van der Waals surface area contributed by atoms with Crippen molar-refractivity contribution in [3.63, 3.8) is 0 Å². The Bertz CT molecular complexity index is 1020. The Hall–Kier alpha value is -2.89. The molecule has 2 aromatic carbocycles. The van der Waals surface area contributed by atoms with E-state index in [1.54, 1.807) is 6.07 Å². The van der Waals surface area contributed by atoms with Crippen LogP contribution in [-0.2, 0) is 9.59 Å². The second-order valence-corrected chi connectivity index (χ2v) is 9.34. The summed E-state index contributed by atoms with van der Waals surface area (Å²) >= 11 is 0. The molecule has 3 amide bonds. The Morgan fingerprint density at radius 1 is 1.06 bits per heavy atom. The Morgan fingerprint density at radius 2 is 1.78 bits per heavy atom. The molecule has 0 spiro atoms. The fourth-order valence-electron chi connectivity index (χ4n) is 4.48. The summed E-state index contributed by atoms with van der Waals surface area (Å²) in [6.45, 7) is 7.62. The molecular formula is C26H33N3O3. The number of rotatable bonds is 6. The first-order valence-corrected chi connectivity index (χ1v) is 11.8. The van der Waals surface area contributed by atoms with E-state index < -0.39 is 6.04 Å². The molecule has 2 aliphatic rings. The minimum atomic E-state index is -0.586. The highest BCUT2D eigenvalue weighted by molar-refractivity contribution is 6.00. The van der Waals surface area contributed by atoms with Crippen LogP contribution >= 0.6 is 0 Å². The van der Waals surface area contributed by atoms with E-state index in [9.17, 15) is 14.4 Å². The number of piperazine rings is 1. The van der Waals surface area contributed by atoms with Crippen molar-refractivity contribution in [1.29, 1.82) is 0 Å². The van der Waals surface area contributed by atoms with Gasteiger partial charge < -0.3 is 15.1 Å². The van der Waals surface area contributed by atoms with Gasteiger partial charge in [-0.2, -0.15) is 0 Å². The summed E-state index contributed by atoms with van der Waals surface area (Å²) < 4.78 is 0. The lowest BCUT2D eigenvalue weighted by molar-refractivity contribution is -0.144. The Morgan fingerprint density at radius 3 is 2.44 bits per heavy atom. The van der Waals surface area contributed by atoms with E-state index >= 15 is 0 Å². The third kappa shape index (κ3) is 4.64. The van der Waals surface area contributed by atoms with Crippen LogP contribution in [0, 0.1) is 11.8 Å². The van der Waals surface area contributed by atoms with Crippen LogP contribution in [0.15, 0.2) is 42.5 Å². The molecule has 2 aromatic rings. The van der Waals surface area contributed by atoms with Crippen LogP contribution in [0.4, 0.5) is 0 Å². The normalized spacial score (nSPS) is 20.7. The van der Waals surface area contributed by atoms with Crippen LogP contribution in [0.1, 0.15) is 50.4 Å². The van der Waals surface area contributed by atoms with E-state index in [1.807, 2.05) is 67.0 Å². The van der Waals surface area contributed by atoms with E-state index in [2.05, 4.69) is 5.32 Å². The van der Waals surface area contributed by atoms with Crippen LogP contribution in [0.25, 0.3) is 10.8 Å². The smallest absolute Gasteiger partial charge is 0.251 e. The van der Waals surface area contributed by atoms with Crippen molar-refractivity contribution in [2.24, 2.45) is 11.8 Å². The minimum absolute atomic E-state index is 0.00503. The number of carbonyl (C=O) groups is 3. The standard InChI is InChI=1S/C26H33N3O3/c1-4-17(2)23(27-24(30)22-12-9-19-7-5-6-8-21(19)15-22)26(32)28-13-14-29(18(3)16-28)25(31)20-10-11-20/h5-9,12,15,17-18,20,23H,4,10-11,13-14,16H2,1-3H3,(H,27,30). The van der Waals surface area contributed by atoms with Gasteiger partial charge in [-0.1, -0.05) is 50.6 Å². The summed E-state index contributed by atoms with van der Waals surface area (Å²) in [6, 6.07) is 12.9. The van der Waals surface area contributed by atoms with Gasteiger partial charge in [-0.3, -0.25) is 14.4 Å². The van der Waals surface area contributed by atoms with Crippen molar-refractivity contribution >= 4 is 28.5 Å². The zero-order valence-electron chi connectivity index (χ0n) is 19.2. The molecule has 170 valence electrons. The van der Waals surface area contributed by atoms with Crippen molar-refractivity contribution < 1.29 is 14.4 Å². The van der Waals surface area contributed by atoms with Crippen molar-refractivity contribution in [3.8, 4) is 0 Å². The fourth-order valence-corrected chi connectivity index (χ4v) is 4.48. The third-order valence-electron chi connectivity index (χ3n) is 6.93. The van der Waals surface area contributed by atoms with Gasteiger partial charge in [0.25, 0.3) is 5.91 Å². The van der Waals surface area contributed by atoms with Crippen LogP contribution in [-0.4, -0.2) is 59.2 Å². The number of amides is 3. The van der Waals surface area contributed by atoms with Gasteiger partial charge in [0.15, 0.2) is 0 Å². The second-order valence-electron chi connectivity index (χ2n) is 9.34. The van der Waals surface area contributed by atoms with Crippen LogP contribution in [0.2, 0.25) is 0 Å². The maximum atomic E-state index is 13.5. The van der Waals surface area contributed by atoms with Crippen LogP contribution in [0.3, 0.4) is 0 Å². The molecule has 6 heteroatoms. The largest absolute Gasteiger partial charge is 0.340 e. The fraction of sp³-hybridized carbons (Fsp3) is 0.500. The highest BCUT2D eigenvalue weighted by Gasteiger charge is 2.39. The molecule has 6 nitrogen and oxygen atoms in total. The molecule has 4 rings (SSSR count). The molecule has 0 radical (unpaired) electrons. The number of benzene rings is 2. The molecule has 0 bridgehead atoms. The molecule has 1 aliphatic carbocycles. The molecule has 32 heavy (non-hydrogen) atoms. The molecule has 1 aliphatic heterocycles. The number of fused-ring (bicyclic) bond motifs is 1. The maximum Gasteiger partial charge on any atom is 0.251 e. The summed E-state index contributed by atoms with van der Waals surface area (Å²) in [6.07, 6.45) is 2.76. The van der Waals surface area contributed by atoms with E-state index in [-0.39, 0.29) is 35.6 Å². The topological polar surface area (TPSA) is 69.7 Å². The van der Waals surface area contributed by atoms with E-state index in [1.165, 1.54) is 0 Å². The Kier molecular flexibility index (Phi) is 6.49. The number of carbonyl (C=O) groups excluding carboxylic acids is 3. The predicted octanol–water partition coefficient (Wildman–Crippen LogP) is 3.45. The van der Waals surface area contributed by atoms with Gasteiger partial charge in [0.05, 0.1) is 0 Å². The maximum absolute atomic E-state index is 13.5. The summed E-state index contributed by atoms with van der Waals surface area (Å²) in [4.78, 5) is 42.8. The molecule has 3 atom stereocenters. The van der Waals surface area contributed by atoms with Crippen LogP contribution in [0.5, 0.6) is 0 Å². The van der Waals surface area contributed by atoms with Crippen molar-refractivity contribution in [1.82, 2.24) is 15.1 Å². The first-order chi connectivity index (χ1) is 15.4. The lowest BCUT2D eigenvalue weighted by Crippen LogP contribution is -2.60. The Balaban J connectivity index is 1.46. The minimum Gasteiger partial charge on any atom is -0.340 e. The summed E-state index contributed by atoms with van der Waals surface area (Å²) in [7, 11) is 0. The first kappa shape index (κ1) is 22.3. The van der Waals surface area contributed by atoms with Crippen LogP contribution < -0.4 is 5.32 Å². The summed E-state index contributed by atoms with van der Waals surface area (Å²) in [5, 5.41) is 5.08. The second kappa shape index (κ2) is 9.31. The zero-order chi connectivity index (χ0) is 22.8. The quantitative estimate of drug-likeness (QED) is 0.756. The van der Waals surface area contributed by atoms with Gasteiger partial charge in [-0.25, -0.2) is 0 Å². The molecule has 3 unspecified atom stereocenters. The lowest BCUT2D eigenvalue weighted by Gasteiger charge is -2.41. The van der Waals surface area contributed by atoms with Gasteiger partial charge in [0, 0.05) is 37.2 Å². The number of nitrogens with zero attached hydrogens (tertiary/aromatic N) is 2. The predicted molar refractivity (Wildman–Crippen MR) is 125 cm³/mol. The average molecular weight is 436 g/mol. The van der Waals surface area contributed by atoms with E-state index in [0.717, 1.165) is 30.0 Å². The first-order valence-electron chi connectivity index (χ1n) is 11.8. The van der Waals surface area contributed by atoms with Gasteiger partial charge >= 0.3 is 0 Å². The highest BCUT2D eigenvalue weighted by Crippen LogP contribution is 2.32. The SMILES string of the molecule is CCC(C)C(NC(=O)c1ccc2ccccc2c1)C(=O)N1CCN(C(=O)C2CC2)C(C)C1. The van der Waals surface area contributed by atoms with E-state index in [0.29, 0.717) is 25.2 Å². The molecule has 1 heterocycles. The molecule has 2 fully saturated rings. The lowest BCUT2D eigenvalue weighted by atomic mass is 9.96. The van der Waals surface area contributed by atoms with Gasteiger partial charge in [-0.15, -0.1) is 0 Å².